The molecule has 7 aromatic carbocycles. The van der Waals surface area contributed by atoms with Gasteiger partial charge in [0.1, 0.15) is 5.58 Å². The first-order valence-electron chi connectivity index (χ1n) is 17.3. The number of benzene rings is 7. The summed E-state index contributed by atoms with van der Waals surface area (Å²) >= 11 is 0. The van der Waals surface area contributed by atoms with Gasteiger partial charge in [-0.15, -0.1) is 0 Å². The Kier molecular flexibility index (Phi) is 5.92. The van der Waals surface area contributed by atoms with Crippen LogP contribution < -0.4 is 0 Å². The molecule has 0 spiro atoms. The number of fused-ring (bicyclic) bond motifs is 10. The van der Waals surface area contributed by atoms with Crippen molar-refractivity contribution in [3.8, 4) is 33.9 Å². The second-order valence-electron chi connectivity index (χ2n) is 13.1. The SMILES string of the molecule is c1ccc(-c2cc(-n3c4ccccc4c4c5c6ccccc6n(-c6cccc7c6oc6ccccc67)c5ccc43)cc(-c3ccccc3)n2)cc1. The van der Waals surface area contributed by atoms with Crippen molar-refractivity contribution >= 4 is 65.6 Å². The highest BCUT2D eigenvalue weighted by atomic mass is 16.3. The number of nitrogens with zero attached hydrogens (tertiary/aromatic N) is 3. The van der Waals surface area contributed by atoms with E-state index >= 15 is 0 Å². The van der Waals surface area contributed by atoms with E-state index in [4.69, 9.17) is 9.40 Å². The molecule has 0 atom stereocenters. The van der Waals surface area contributed by atoms with Crippen molar-refractivity contribution in [1.29, 1.82) is 0 Å². The molecule has 51 heavy (non-hydrogen) atoms. The third-order valence-electron chi connectivity index (χ3n) is 10.3. The van der Waals surface area contributed by atoms with Gasteiger partial charge in [0.2, 0.25) is 0 Å². The maximum atomic E-state index is 6.59. The van der Waals surface area contributed by atoms with Crippen LogP contribution in [0.3, 0.4) is 0 Å². The Morgan fingerprint density at radius 3 is 1.55 bits per heavy atom. The predicted molar refractivity (Wildman–Crippen MR) is 211 cm³/mol. The fraction of sp³-hybridized carbons (Fsp3) is 0. The van der Waals surface area contributed by atoms with E-state index in [9.17, 15) is 0 Å². The Labute approximate surface area is 293 Å². The van der Waals surface area contributed by atoms with Gasteiger partial charge in [-0.1, -0.05) is 127 Å². The Morgan fingerprint density at radius 1 is 0.392 bits per heavy atom. The highest BCUT2D eigenvalue weighted by Crippen LogP contribution is 2.44. The fourth-order valence-corrected chi connectivity index (χ4v) is 8.12. The molecule has 0 radical (unpaired) electrons. The molecule has 0 saturated heterocycles. The van der Waals surface area contributed by atoms with Gasteiger partial charge in [-0.25, -0.2) is 4.98 Å². The Morgan fingerprint density at radius 2 is 0.902 bits per heavy atom. The highest BCUT2D eigenvalue weighted by molar-refractivity contribution is 6.29. The molecular weight excluding hydrogens is 623 g/mol. The second-order valence-corrected chi connectivity index (χ2v) is 13.1. The molecule has 4 nitrogen and oxygen atoms in total. The predicted octanol–water partition coefficient (Wildman–Crippen LogP) is 12.5. The molecule has 0 aliphatic heterocycles. The van der Waals surface area contributed by atoms with Crippen molar-refractivity contribution in [2.24, 2.45) is 0 Å². The van der Waals surface area contributed by atoms with E-state index < -0.39 is 0 Å². The lowest BCUT2D eigenvalue weighted by Crippen LogP contribution is -1.98. The van der Waals surface area contributed by atoms with E-state index in [0.29, 0.717) is 0 Å². The molecule has 0 fully saturated rings. The molecule has 0 aliphatic carbocycles. The summed E-state index contributed by atoms with van der Waals surface area (Å²) < 4.78 is 11.4. The molecule has 238 valence electrons. The van der Waals surface area contributed by atoms with Gasteiger partial charge in [0.25, 0.3) is 0 Å². The van der Waals surface area contributed by atoms with Crippen LogP contribution in [0.1, 0.15) is 0 Å². The third-order valence-corrected chi connectivity index (χ3v) is 10.3. The minimum Gasteiger partial charge on any atom is -0.454 e. The first-order valence-corrected chi connectivity index (χ1v) is 17.3. The topological polar surface area (TPSA) is 35.9 Å². The van der Waals surface area contributed by atoms with Gasteiger partial charge in [0, 0.05) is 43.4 Å². The Hall–Kier alpha value is -6.91. The standard InChI is InChI=1S/C47H29N3O/c1-3-14-30(15-4-1)37-28-32(29-38(48-37)31-16-5-2-6-17-31)49-39-22-10-7-19-35(39)45-41(49)26-27-42-46(45)36-20-8-11-23-40(36)50(42)43-24-13-21-34-33-18-9-12-25-44(33)51-47(34)43/h1-29H. The lowest BCUT2D eigenvalue weighted by Gasteiger charge is -2.13. The largest absolute Gasteiger partial charge is 0.454 e. The quantitative estimate of drug-likeness (QED) is 0.190. The van der Waals surface area contributed by atoms with Crippen LogP contribution in [0.2, 0.25) is 0 Å². The van der Waals surface area contributed by atoms with Crippen molar-refractivity contribution in [3.63, 3.8) is 0 Å². The first-order chi connectivity index (χ1) is 25.3. The van der Waals surface area contributed by atoms with Gasteiger partial charge in [-0.3, -0.25) is 0 Å². The number of aromatic nitrogens is 3. The summed E-state index contributed by atoms with van der Waals surface area (Å²) in [6.45, 7) is 0. The summed E-state index contributed by atoms with van der Waals surface area (Å²) in [5.74, 6) is 0. The van der Waals surface area contributed by atoms with Crippen LogP contribution in [0.15, 0.2) is 180 Å². The zero-order valence-electron chi connectivity index (χ0n) is 27.5. The van der Waals surface area contributed by atoms with Crippen molar-refractivity contribution in [2.45, 2.75) is 0 Å². The number of para-hydroxylation sites is 4. The van der Waals surface area contributed by atoms with Gasteiger partial charge in [0.05, 0.1) is 44.8 Å². The molecule has 0 N–H and O–H groups in total. The molecule has 0 saturated carbocycles. The van der Waals surface area contributed by atoms with Gasteiger partial charge < -0.3 is 13.6 Å². The monoisotopic (exact) mass is 651 g/mol. The van der Waals surface area contributed by atoms with E-state index in [1.807, 2.05) is 6.07 Å². The van der Waals surface area contributed by atoms with Crippen molar-refractivity contribution < 1.29 is 4.42 Å². The van der Waals surface area contributed by atoms with Crippen LogP contribution in [-0.4, -0.2) is 14.1 Å². The highest BCUT2D eigenvalue weighted by Gasteiger charge is 2.23. The normalized spacial score (nSPS) is 11.9. The lowest BCUT2D eigenvalue weighted by atomic mass is 10.1. The molecule has 4 heterocycles. The number of rotatable bonds is 4. The molecule has 0 bridgehead atoms. The van der Waals surface area contributed by atoms with E-state index in [2.05, 4.69) is 179 Å². The molecule has 11 aromatic rings. The van der Waals surface area contributed by atoms with Crippen LogP contribution in [-0.2, 0) is 0 Å². The lowest BCUT2D eigenvalue weighted by molar-refractivity contribution is 0.666. The van der Waals surface area contributed by atoms with Gasteiger partial charge in [-0.2, -0.15) is 0 Å². The van der Waals surface area contributed by atoms with Crippen LogP contribution in [0.25, 0.3) is 99.4 Å². The van der Waals surface area contributed by atoms with Gasteiger partial charge in [-0.05, 0) is 48.5 Å². The summed E-state index contributed by atoms with van der Waals surface area (Å²) in [5, 5.41) is 7.12. The Balaban J connectivity index is 1.25. The fourth-order valence-electron chi connectivity index (χ4n) is 8.12. The van der Waals surface area contributed by atoms with Crippen molar-refractivity contribution in [3.05, 3.63) is 176 Å². The maximum Gasteiger partial charge on any atom is 0.159 e. The van der Waals surface area contributed by atoms with Crippen LogP contribution in [0.5, 0.6) is 0 Å². The van der Waals surface area contributed by atoms with E-state index in [1.54, 1.807) is 0 Å². The Bertz CT molecular complexity index is 3070. The number of hydrogen-bond acceptors (Lipinski definition) is 2. The molecule has 0 aliphatic rings. The minimum absolute atomic E-state index is 0.891. The van der Waals surface area contributed by atoms with Crippen LogP contribution >= 0.6 is 0 Å². The maximum absolute atomic E-state index is 6.59. The number of pyridine rings is 1. The third kappa shape index (κ3) is 4.11. The van der Waals surface area contributed by atoms with Gasteiger partial charge in [0.15, 0.2) is 5.58 Å². The smallest absolute Gasteiger partial charge is 0.159 e. The summed E-state index contributed by atoms with van der Waals surface area (Å²) in [4.78, 5) is 5.19. The number of hydrogen-bond donors (Lipinski definition) is 0. The van der Waals surface area contributed by atoms with E-state index in [-0.39, 0.29) is 0 Å². The summed E-state index contributed by atoms with van der Waals surface area (Å²) in [6, 6.07) is 62.3. The number of furan rings is 1. The first kappa shape index (κ1) is 28.0. The van der Waals surface area contributed by atoms with Crippen LogP contribution in [0.4, 0.5) is 0 Å². The van der Waals surface area contributed by atoms with Crippen molar-refractivity contribution in [1.82, 2.24) is 14.1 Å². The summed E-state index contributed by atoms with van der Waals surface area (Å²) in [7, 11) is 0. The van der Waals surface area contributed by atoms with Gasteiger partial charge >= 0.3 is 0 Å². The minimum atomic E-state index is 0.891. The zero-order chi connectivity index (χ0) is 33.5. The molecule has 0 unspecified atom stereocenters. The second kappa shape index (κ2) is 10.8. The molecular formula is C47H29N3O. The van der Waals surface area contributed by atoms with Crippen molar-refractivity contribution in [2.75, 3.05) is 0 Å². The average molecular weight is 652 g/mol. The average Bonchev–Trinajstić information content (AvgIpc) is 3.86. The summed E-state index contributed by atoms with van der Waals surface area (Å²) in [5.41, 5.74) is 12.5. The molecule has 0 amide bonds. The van der Waals surface area contributed by atoms with E-state index in [0.717, 1.165) is 77.9 Å². The summed E-state index contributed by atoms with van der Waals surface area (Å²) in [6.07, 6.45) is 0. The molecule has 11 rings (SSSR count). The van der Waals surface area contributed by atoms with Crippen LogP contribution in [0, 0.1) is 0 Å². The zero-order valence-corrected chi connectivity index (χ0v) is 27.5. The van der Waals surface area contributed by atoms with E-state index in [1.165, 1.54) is 21.5 Å². The molecule has 4 aromatic heterocycles. The molecule has 4 heteroatoms.